The topological polar surface area (TPSA) is 72.8 Å². The van der Waals surface area contributed by atoms with Crippen molar-refractivity contribution in [2.45, 2.75) is 45.5 Å². The lowest BCUT2D eigenvalue weighted by molar-refractivity contribution is -0.154. The van der Waals surface area contributed by atoms with Gasteiger partial charge in [-0.25, -0.2) is 0 Å². The van der Waals surface area contributed by atoms with Gasteiger partial charge in [0.15, 0.2) is 0 Å². The van der Waals surface area contributed by atoms with Gasteiger partial charge in [0, 0.05) is 0 Å². The van der Waals surface area contributed by atoms with Crippen molar-refractivity contribution in [3.05, 3.63) is 35.9 Å². The molecule has 0 radical (unpaired) electrons. The molecule has 1 rings (SSSR count). The lowest BCUT2D eigenvalue weighted by atomic mass is 10.2. The van der Waals surface area contributed by atoms with Crippen molar-refractivity contribution in [1.82, 2.24) is 0 Å². The molecule has 0 saturated heterocycles. The van der Waals surface area contributed by atoms with Crippen molar-refractivity contribution in [2.75, 3.05) is 0 Å². The van der Waals surface area contributed by atoms with E-state index in [-0.39, 0.29) is 18.9 Å². The van der Waals surface area contributed by atoms with Crippen LogP contribution in [-0.4, -0.2) is 29.3 Å². The molecule has 0 aliphatic rings. The largest absolute Gasteiger partial charge is 0.481 e. The number of hydrogen-bond donors (Lipinski definition) is 1. The number of rotatable bonds is 8. The maximum atomic E-state index is 11.6. The van der Waals surface area contributed by atoms with E-state index in [9.17, 15) is 9.59 Å². The van der Waals surface area contributed by atoms with Crippen LogP contribution in [0.5, 0.6) is 0 Å². The predicted octanol–water partition coefficient (Wildman–Crippen LogP) is 2.39. The Labute approximate surface area is 118 Å². The highest BCUT2D eigenvalue weighted by molar-refractivity contribution is 5.71. The Morgan fingerprint density at radius 3 is 2.35 bits per heavy atom. The number of aliphatic carboxylic acids is 1. The first-order valence-corrected chi connectivity index (χ1v) is 6.54. The van der Waals surface area contributed by atoms with Gasteiger partial charge in [-0.15, -0.1) is 0 Å². The second kappa shape index (κ2) is 8.32. The third-order valence-corrected chi connectivity index (χ3v) is 2.63. The van der Waals surface area contributed by atoms with Gasteiger partial charge in [0.1, 0.15) is 6.10 Å². The summed E-state index contributed by atoms with van der Waals surface area (Å²) in [6.45, 7) is 3.77. The Hall–Kier alpha value is -1.88. The molecule has 5 nitrogen and oxygen atoms in total. The van der Waals surface area contributed by atoms with Gasteiger partial charge in [0.2, 0.25) is 0 Å². The predicted molar refractivity (Wildman–Crippen MR) is 73.1 cm³/mol. The van der Waals surface area contributed by atoms with Gasteiger partial charge >= 0.3 is 11.9 Å². The van der Waals surface area contributed by atoms with Gasteiger partial charge in [-0.2, -0.15) is 0 Å². The summed E-state index contributed by atoms with van der Waals surface area (Å²) in [4.78, 5) is 22.0. The molecule has 0 aromatic heterocycles. The number of carboxylic acids is 1. The van der Waals surface area contributed by atoms with Crippen molar-refractivity contribution >= 4 is 11.9 Å². The average Bonchev–Trinajstić information content (AvgIpc) is 2.36. The van der Waals surface area contributed by atoms with E-state index in [0.29, 0.717) is 6.61 Å². The molecule has 1 aromatic rings. The molecule has 0 saturated carbocycles. The lowest BCUT2D eigenvalue weighted by Gasteiger charge is -2.15. The summed E-state index contributed by atoms with van der Waals surface area (Å²) in [5, 5.41) is 8.57. The number of carbonyl (C=O) groups excluding carboxylic acids is 1. The Bertz CT molecular complexity index is 429. The van der Waals surface area contributed by atoms with E-state index in [1.54, 1.807) is 13.8 Å². The first-order valence-electron chi connectivity index (χ1n) is 6.54. The minimum absolute atomic E-state index is 0.108. The van der Waals surface area contributed by atoms with Crippen LogP contribution in [0.1, 0.15) is 32.3 Å². The monoisotopic (exact) mass is 280 g/mol. The summed E-state index contributed by atoms with van der Waals surface area (Å²) in [5.41, 5.74) is 1.03. The third-order valence-electron chi connectivity index (χ3n) is 2.63. The van der Waals surface area contributed by atoms with Crippen LogP contribution in [0.15, 0.2) is 30.3 Å². The van der Waals surface area contributed by atoms with Gasteiger partial charge in [-0.3, -0.25) is 9.59 Å². The highest BCUT2D eigenvalue weighted by Crippen LogP contribution is 2.08. The van der Waals surface area contributed by atoms with Gasteiger partial charge in [-0.05, 0) is 19.4 Å². The van der Waals surface area contributed by atoms with Crippen LogP contribution >= 0.6 is 0 Å². The van der Waals surface area contributed by atoms with E-state index >= 15 is 0 Å². The highest BCUT2D eigenvalue weighted by atomic mass is 16.5. The Morgan fingerprint density at radius 1 is 1.10 bits per heavy atom. The Morgan fingerprint density at radius 2 is 1.75 bits per heavy atom. The molecule has 0 bridgehead atoms. The van der Waals surface area contributed by atoms with E-state index in [0.717, 1.165) is 5.56 Å². The van der Waals surface area contributed by atoms with Crippen LogP contribution in [0.2, 0.25) is 0 Å². The molecular formula is C15H20O5. The molecular weight excluding hydrogens is 260 g/mol. The average molecular weight is 280 g/mol. The number of hydrogen-bond acceptors (Lipinski definition) is 4. The lowest BCUT2D eigenvalue weighted by Crippen LogP contribution is -2.22. The maximum Gasteiger partial charge on any atom is 0.308 e. The van der Waals surface area contributed by atoms with Gasteiger partial charge in [0.05, 0.1) is 25.6 Å². The SMILES string of the molecule is C[C@H](CC(=O)O)OC(=O)C[C@H](C)OCc1ccccc1. The van der Waals surface area contributed by atoms with E-state index in [1.165, 1.54) is 0 Å². The smallest absolute Gasteiger partial charge is 0.308 e. The second-order valence-electron chi connectivity index (χ2n) is 4.71. The molecule has 0 amide bonds. The molecule has 0 spiro atoms. The van der Waals surface area contributed by atoms with Crippen LogP contribution in [0.4, 0.5) is 0 Å². The number of esters is 1. The molecule has 1 N–H and O–H groups in total. The van der Waals surface area contributed by atoms with Crippen LogP contribution in [-0.2, 0) is 25.7 Å². The number of benzene rings is 1. The Balaban J connectivity index is 2.26. The first kappa shape index (κ1) is 16.2. The molecule has 5 heteroatoms. The fourth-order valence-electron chi connectivity index (χ4n) is 1.67. The fraction of sp³-hybridized carbons (Fsp3) is 0.467. The molecule has 0 aliphatic heterocycles. The summed E-state index contributed by atoms with van der Waals surface area (Å²) >= 11 is 0. The van der Waals surface area contributed by atoms with Crippen molar-refractivity contribution < 1.29 is 24.2 Å². The molecule has 110 valence electrons. The van der Waals surface area contributed by atoms with Gasteiger partial charge in [-0.1, -0.05) is 30.3 Å². The van der Waals surface area contributed by atoms with Crippen molar-refractivity contribution in [3.63, 3.8) is 0 Å². The molecule has 2 atom stereocenters. The van der Waals surface area contributed by atoms with Crippen molar-refractivity contribution in [3.8, 4) is 0 Å². The van der Waals surface area contributed by atoms with Crippen LogP contribution in [0, 0.1) is 0 Å². The summed E-state index contributed by atoms with van der Waals surface area (Å²) < 4.78 is 10.5. The zero-order valence-corrected chi connectivity index (χ0v) is 11.7. The molecule has 20 heavy (non-hydrogen) atoms. The van der Waals surface area contributed by atoms with Gasteiger partial charge in [0.25, 0.3) is 0 Å². The van der Waals surface area contributed by atoms with E-state index in [1.807, 2.05) is 30.3 Å². The third kappa shape index (κ3) is 6.89. The van der Waals surface area contributed by atoms with Crippen molar-refractivity contribution in [2.24, 2.45) is 0 Å². The molecule has 0 aliphatic carbocycles. The van der Waals surface area contributed by atoms with Gasteiger partial charge < -0.3 is 14.6 Å². The first-order chi connectivity index (χ1) is 9.47. The standard InChI is InChI=1S/C15H20O5/c1-11(19-10-13-6-4-3-5-7-13)9-15(18)20-12(2)8-14(16)17/h3-7,11-12H,8-10H2,1-2H3,(H,16,17)/t11-,12+/m0/s1. The Kier molecular flexibility index (Phi) is 6.73. The zero-order valence-electron chi connectivity index (χ0n) is 11.7. The quantitative estimate of drug-likeness (QED) is 0.740. The molecule has 0 unspecified atom stereocenters. The molecule has 1 aromatic carbocycles. The van der Waals surface area contributed by atoms with E-state index in [4.69, 9.17) is 14.6 Å². The number of carboxylic acid groups (broad SMARTS) is 1. The van der Waals surface area contributed by atoms with E-state index in [2.05, 4.69) is 0 Å². The summed E-state index contributed by atoms with van der Waals surface area (Å²) in [6.07, 6.45) is -0.983. The minimum atomic E-state index is -0.987. The van der Waals surface area contributed by atoms with Crippen LogP contribution in [0.3, 0.4) is 0 Å². The number of carbonyl (C=O) groups is 2. The number of ether oxygens (including phenoxy) is 2. The summed E-state index contributed by atoms with van der Waals surface area (Å²) in [6, 6.07) is 9.66. The summed E-state index contributed by atoms with van der Waals surface area (Å²) in [7, 11) is 0. The van der Waals surface area contributed by atoms with Crippen LogP contribution in [0.25, 0.3) is 0 Å². The fourth-order valence-corrected chi connectivity index (χ4v) is 1.67. The summed E-state index contributed by atoms with van der Waals surface area (Å²) in [5.74, 6) is -1.43. The molecule has 0 heterocycles. The van der Waals surface area contributed by atoms with Crippen molar-refractivity contribution in [1.29, 1.82) is 0 Å². The normalized spacial score (nSPS) is 13.5. The van der Waals surface area contributed by atoms with Crippen LogP contribution < -0.4 is 0 Å². The zero-order chi connectivity index (χ0) is 15.0. The maximum absolute atomic E-state index is 11.6. The second-order valence-corrected chi connectivity index (χ2v) is 4.71. The van der Waals surface area contributed by atoms with E-state index < -0.39 is 18.0 Å². The minimum Gasteiger partial charge on any atom is -0.481 e. The highest BCUT2D eigenvalue weighted by Gasteiger charge is 2.16. The molecule has 0 fully saturated rings.